The summed E-state index contributed by atoms with van der Waals surface area (Å²) in [6, 6.07) is 12.7. The molecular formula is C24H27N5OS. The Morgan fingerprint density at radius 2 is 1.97 bits per heavy atom. The zero-order valence-electron chi connectivity index (χ0n) is 18.2. The monoisotopic (exact) mass is 433 g/mol. The first-order chi connectivity index (χ1) is 15.0. The van der Waals surface area contributed by atoms with Gasteiger partial charge >= 0.3 is 0 Å². The number of nitrogens with one attached hydrogen (secondary N) is 1. The van der Waals surface area contributed by atoms with Gasteiger partial charge in [0.1, 0.15) is 11.9 Å². The van der Waals surface area contributed by atoms with E-state index in [4.69, 9.17) is 0 Å². The average Bonchev–Trinajstić information content (AvgIpc) is 3.47. The van der Waals surface area contributed by atoms with E-state index in [-0.39, 0.29) is 11.7 Å². The molecule has 1 fully saturated rings. The van der Waals surface area contributed by atoms with Crippen LogP contribution in [0, 0.1) is 25.2 Å². The highest BCUT2D eigenvalue weighted by molar-refractivity contribution is 7.99. The number of nitriles is 1. The minimum Gasteiger partial charge on any atom is -0.327 e. The minimum absolute atomic E-state index is 0.123. The molecule has 1 aromatic carbocycles. The summed E-state index contributed by atoms with van der Waals surface area (Å²) >= 11 is 1.40. The normalized spacial score (nSPS) is 14.0. The van der Waals surface area contributed by atoms with Crippen LogP contribution in [0.2, 0.25) is 0 Å². The van der Waals surface area contributed by atoms with Crippen LogP contribution in [0.1, 0.15) is 48.5 Å². The Morgan fingerprint density at radius 3 is 2.65 bits per heavy atom. The van der Waals surface area contributed by atoms with Gasteiger partial charge in [0, 0.05) is 18.8 Å². The Bertz CT molecular complexity index is 1130. The SMILES string of the molecule is Cc1c(C#N)c(NC(=O)CSc2ncc(-c3ccccc3)n2C)n(C2CCCC2)c1C. The second kappa shape index (κ2) is 9.03. The third kappa shape index (κ3) is 4.13. The maximum atomic E-state index is 12.8. The Hall–Kier alpha value is -2.98. The van der Waals surface area contributed by atoms with E-state index in [0.29, 0.717) is 17.4 Å². The van der Waals surface area contributed by atoms with Crippen molar-refractivity contribution in [1.29, 1.82) is 5.26 Å². The molecule has 0 atom stereocenters. The van der Waals surface area contributed by atoms with E-state index >= 15 is 0 Å². The molecule has 160 valence electrons. The second-order valence-electron chi connectivity index (χ2n) is 8.04. The highest BCUT2D eigenvalue weighted by atomic mass is 32.2. The number of anilines is 1. The van der Waals surface area contributed by atoms with Crippen LogP contribution in [-0.4, -0.2) is 25.8 Å². The van der Waals surface area contributed by atoms with Crippen LogP contribution in [-0.2, 0) is 11.8 Å². The van der Waals surface area contributed by atoms with E-state index in [2.05, 4.69) is 20.9 Å². The molecule has 1 aliphatic rings. The lowest BCUT2D eigenvalue weighted by Gasteiger charge is -2.19. The zero-order valence-corrected chi connectivity index (χ0v) is 19.0. The highest BCUT2D eigenvalue weighted by Crippen LogP contribution is 2.37. The molecule has 7 heteroatoms. The molecule has 0 spiro atoms. The molecule has 2 heterocycles. The molecule has 1 saturated carbocycles. The van der Waals surface area contributed by atoms with Crippen molar-refractivity contribution < 1.29 is 4.79 Å². The highest BCUT2D eigenvalue weighted by Gasteiger charge is 2.26. The summed E-state index contributed by atoms with van der Waals surface area (Å²) in [5.74, 6) is 0.764. The molecule has 1 amide bonds. The van der Waals surface area contributed by atoms with Crippen LogP contribution < -0.4 is 5.32 Å². The molecule has 1 N–H and O–H groups in total. The molecule has 1 aliphatic carbocycles. The quantitative estimate of drug-likeness (QED) is 0.541. The summed E-state index contributed by atoms with van der Waals surface area (Å²) in [7, 11) is 1.96. The smallest absolute Gasteiger partial charge is 0.235 e. The van der Waals surface area contributed by atoms with Gasteiger partial charge in [-0.2, -0.15) is 5.26 Å². The first kappa shape index (κ1) is 21.3. The largest absolute Gasteiger partial charge is 0.327 e. The summed E-state index contributed by atoms with van der Waals surface area (Å²) in [6.07, 6.45) is 6.39. The summed E-state index contributed by atoms with van der Waals surface area (Å²) in [4.78, 5) is 17.3. The molecule has 0 bridgehead atoms. The van der Waals surface area contributed by atoms with Crippen LogP contribution in [0.25, 0.3) is 11.3 Å². The maximum absolute atomic E-state index is 12.8. The van der Waals surface area contributed by atoms with E-state index < -0.39 is 0 Å². The number of rotatable bonds is 6. The van der Waals surface area contributed by atoms with Crippen molar-refractivity contribution >= 4 is 23.5 Å². The molecule has 6 nitrogen and oxygen atoms in total. The van der Waals surface area contributed by atoms with Gasteiger partial charge in [-0.15, -0.1) is 0 Å². The second-order valence-corrected chi connectivity index (χ2v) is 8.98. The van der Waals surface area contributed by atoms with E-state index in [9.17, 15) is 10.1 Å². The van der Waals surface area contributed by atoms with Crippen molar-refractivity contribution in [3.8, 4) is 17.3 Å². The van der Waals surface area contributed by atoms with Crippen LogP contribution >= 0.6 is 11.8 Å². The molecule has 3 aromatic rings. The van der Waals surface area contributed by atoms with Gasteiger partial charge in [0.2, 0.25) is 5.91 Å². The van der Waals surface area contributed by atoms with Crippen molar-refractivity contribution in [2.75, 3.05) is 11.1 Å². The number of aromatic nitrogens is 3. The summed E-state index contributed by atoms with van der Waals surface area (Å²) in [5.41, 5.74) is 4.70. The van der Waals surface area contributed by atoms with Crippen molar-refractivity contribution in [3.05, 3.63) is 53.3 Å². The summed E-state index contributed by atoms with van der Waals surface area (Å²) in [6.45, 7) is 4.00. The predicted octanol–water partition coefficient (Wildman–Crippen LogP) is 5.22. The van der Waals surface area contributed by atoms with Gasteiger partial charge < -0.3 is 14.5 Å². The fourth-order valence-corrected chi connectivity index (χ4v) is 5.16. The fraction of sp³-hybridized carbons (Fsp3) is 0.375. The van der Waals surface area contributed by atoms with Gasteiger partial charge in [-0.1, -0.05) is 54.9 Å². The lowest BCUT2D eigenvalue weighted by atomic mass is 10.2. The lowest BCUT2D eigenvalue weighted by Crippen LogP contribution is -2.20. The Kier molecular flexibility index (Phi) is 6.19. The van der Waals surface area contributed by atoms with Crippen molar-refractivity contribution in [2.45, 2.75) is 50.7 Å². The number of nitrogens with zero attached hydrogens (tertiary/aromatic N) is 4. The van der Waals surface area contributed by atoms with E-state index in [1.54, 1.807) is 0 Å². The molecule has 0 saturated heterocycles. The van der Waals surface area contributed by atoms with Crippen LogP contribution in [0.4, 0.5) is 5.82 Å². The number of amides is 1. The number of carbonyl (C=O) groups excluding carboxylic acids is 1. The van der Waals surface area contributed by atoms with E-state index in [0.717, 1.165) is 40.5 Å². The number of thioether (sulfide) groups is 1. The van der Waals surface area contributed by atoms with E-state index in [1.165, 1.54) is 24.6 Å². The van der Waals surface area contributed by atoms with Crippen LogP contribution in [0.3, 0.4) is 0 Å². The van der Waals surface area contributed by atoms with Crippen LogP contribution in [0.15, 0.2) is 41.7 Å². The molecule has 2 aromatic heterocycles. The van der Waals surface area contributed by atoms with Gasteiger partial charge in [0.05, 0.1) is 23.2 Å². The van der Waals surface area contributed by atoms with Gasteiger partial charge in [-0.3, -0.25) is 4.79 Å². The number of hydrogen-bond acceptors (Lipinski definition) is 4. The molecular weight excluding hydrogens is 406 g/mol. The third-order valence-corrected chi connectivity index (χ3v) is 7.21. The number of hydrogen-bond donors (Lipinski definition) is 1. The van der Waals surface area contributed by atoms with Gasteiger partial charge in [-0.25, -0.2) is 4.98 Å². The van der Waals surface area contributed by atoms with Crippen molar-refractivity contribution in [2.24, 2.45) is 7.05 Å². The Morgan fingerprint density at radius 1 is 1.26 bits per heavy atom. The first-order valence-corrected chi connectivity index (χ1v) is 11.6. The number of imidazole rings is 1. The lowest BCUT2D eigenvalue weighted by molar-refractivity contribution is -0.113. The molecule has 4 rings (SSSR count). The van der Waals surface area contributed by atoms with Gasteiger partial charge in [0.25, 0.3) is 0 Å². The van der Waals surface area contributed by atoms with Gasteiger partial charge in [0.15, 0.2) is 5.16 Å². The van der Waals surface area contributed by atoms with Crippen molar-refractivity contribution in [1.82, 2.24) is 14.1 Å². The Labute approximate surface area is 187 Å². The average molecular weight is 434 g/mol. The minimum atomic E-state index is -0.123. The molecule has 0 radical (unpaired) electrons. The molecule has 0 unspecified atom stereocenters. The predicted molar refractivity (Wildman–Crippen MR) is 124 cm³/mol. The van der Waals surface area contributed by atoms with Crippen LogP contribution in [0.5, 0.6) is 0 Å². The van der Waals surface area contributed by atoms with Crippen molar-refractivity contribution in [3.63, 3.8) is 0 Å². The zero-order chi connectivity index (χ0) is 22.0. The molecule has 0 aliphatic heterocycles. The summed E-state index contributed by atoms with van der Waals surface area (Å²) in [5, 5.41) is 13.5. The number of carbonyl (C=O) groups is 1. The molecule has 31 heavy (non-hydrogen) atoms. The number of benzene rings is 1. The van der Waals surface area contributed by atoms with Gasteiger partial charge in [-0.05, 0) is 37.8 Å². The fourth-order valence-electron chi connectivity index (χ4n) is 4.41. The standard InChI is InChI=1S/C24H27N5OS/c1-16-17(2)29(19-11-7-8-12-19)23(20(16)13-25)27-22(30)15-31-24-26-14-21(28(24)3)18-9-5-4-6-10-18/h4-6,9-10,14,19H,7-8,11-12,15H2,1-3H3,(H,27,30). The summed E-state index contributed by atoms with van der Waals surface area (Å²) < 4.78 is 4.18. The topological polar surface area (TPSA) is 75.6 Å². The Balaban J connectivity index is 1.50. The maximum Gasteiger partial charge on any atom is 0.235 e. The van der Waals surface area contributed by atoms with E-state index in [1.807, 2.05) is 62.0 Å². The first-order valence-electron chi connectivity index (χ1n) is 10.6. The third-order valence-electron chi connectivity index (χ3n) is 6.16.